The van der Waals surface area contributed by atoms with Crippen molar-refractivity contribution in [2.45, 2.75) is 73.3 Å². The summed E-state index contributed by atoms with van der Waals surface area (Å²) in [6, 6.07) is 2.15. The van der Waals surface area contributed by atoms with Crippen LogP contribution < -0.4 is 11.1 Å². The van der Waals surface area contributed by atoms with E-state index in [9.17, 15) is 0 Å². The Bertz CT molecular complexity index is 862. The van der Waals surface area contributed by atoms with E-state index in [0.717, 1.165) is 29.6 Å². The number of anilines is 1. The largest absolute Gasteiger partial charge is 0.377 e. The zero-order valence-corrected chi connectivity index (χ0v) is 20.3. The average Bonchev–Trinajstić information content (AvgIpc) is 3.24. The summed E-state index contributed by atoms with van der Waals surface area (Å²) in [5, 5.41) is 6.68. The Hall–Kier alpha value is -1.50. The minimum absolute atomic E-state index is 0.700. The number of nitrogens with one attached hydrogen (secondary N) is 1. The molecule has 3 aromatic heterocycles. The van der Waals surface area contributed by atoms with Crippen LogP contribution in [0.3, 0.4) is 0 Å². The number of aryl methyl sites for hydroxylation is 1. The minimum atomic E-state index is 0.700. The predicted octanol–water partition coefficient (Wildman–Crippen LogP) is 6.74. The number of hydrogen-bond acceptors (Lipinski definition) is 6. The zero-order chi connectivity index (χ0) is 21.4. The molecule has 4 nitrogen and oxygen atoms in total. The van der Waals surface area contributed by atoms with Crippen LogP contribution >= 0.6 is 22.7 Å². The molecule has 4 rings (SSSR count). The molecule has 0 saturated heterocycles. The van der Waals surface area contributed by atoms with Gasteiger partial charge in [-0.25, -0.2) is 4.98 Å². The normalized spacial score (nSPS) is 13.0. The third-order valence-corrected chi connectivity index (χ3v) is 6.22. The number of thiophene rings is 1. The maximum Gasteiger partial charge on any atom is 0.112 e. The van der Waals surface area contributed by atoms with E-state index in [0.29, 0.717) is 12.5 Å². The van der Waals surface area contributed by atoms with Gasteiger partial charge >= 0.3 is 0 Å². The van der Waals surface area contributed by atoms with E-state index in [1.165, 1.54) is 39.2 Å². The average molecular weight is 433 g/mol. The number of rotatable bonds is 6. The monoisotopic (exact) mass is 432 g/mol. The third kappa shape index (κ3) is 6.76. The highest BCUT2D eigenvalue weighted by Crippen LogP contribution is 2.49. The van der Waals surface area contributed by atoms with E-state index in [-0.39, 0.29) is 0 Å². The first kappa shape index (κ1) is 23.8. The molecule has 3 heterocycles. The second-order valence-electron chi connectivity index (χ2n) is 7.75. The molecule has 3 aromatic rings. The Morgan fingerprint density at radius 2 is 1.93 bits per heavy atom. The standard InChI is InChI=1S/C17H20N4S2.C4H10.C2H6/c1-10-8-12(20-9-14-19-6-7-22-14)17-16(21-10)15(11-2-3-11)13(23-17)4-5-18;1-4(2)3;1-2/h6-8,11H,2-5,9,18H2,1H3,(H,20,21);4H,1-3H3;1-2H3. The third-order valence-electron chi connectivity index (χ3n) is 4.15. The van der Waals surface area contributed by atoms with Gasteiger partial charge in [-0.1, -0.05) is 34.6 Å². The number of fused-ring (bicyclic) bond motifs is 1. The van der Waals surface area contributed by atoms with E-state index in [4.69, 9.17) is 10.7 Å². The molecule has 1 saturated carbocycles. The van der Waals surface area contributed by atoms with Gasteiger partial charge in [0.25, 0.3) is 0 Å². The smallest absolute Gasteiger partial charge is 0.112 e. The topological polar surface area (TPSA) is 63.8 Å². The lowest BCUT2D eigenvalue weighted by molar-refractivity contribution is 0.737. The Balaban J connectivity index is 0.000000449. The lowest BCUT2D eigenvalue weighted by Crippen LogP contribution is -2.02. The first-order valence-electron chi connectivity index (χ1n) is 10.7. The Morgan fingerprint density at radius 1 is 1.24 bits per heavy atom. The van der Waals surface area contributed by atoms with Crippen LogP contribution in [0.5, 0.6) is 0 Å². The van der Waals surface area contributed by atoms with E-state index < -0.39 is 0 Å². The summed E-state index contributed by atoms with van der Waals surface area (Å²) in [4.78, 5) is 10.6. The number of aromatic nitrogens is 2. The summed E-state index contributed by atoms with van der Waals surface area (Å²) in [6.07, 6.45) is 5.39. The summed E-state index contributed by atoms with van der Waals surface area (Å²) in [7, 11) is 0. The molecule has 0 unspecified atom stereocenters. The highest BCUT2D eigenvalue weighted by atomic mass is 32.1. The van der Waals surface area contributed by atoms with E-state index in [2.05, 4.69) is 44.1 Å². The maximum absolute atomic E-state index is 5.83. The number of hydrogen-bond donors (Lipinski definition) is 2. The van der Waals surface area contributed by atoms with Gasteiger partial charge in [0.2, 0.25) is 0 Å². The van der Waals surface area contributed by atoms with Gasteiger partial charge in [0.15, 0.2) is 0 Å². The maximum atomic E-state index is 5.83. The quantitative estimate of drug-likeness (QED) is 0.453. The van der Waals surface area contributed by atoms with Gasteiger partial charge in [-0.2, -0.15) is 0 Å². The highest BCUT2D eigenvalue weighted by Gasteiger charge is 2.30. The van der Waals surface area contributed by atoms with Crippen molar-refractivity contribution in [1.29, 1.82) is 0 Å². The van der Waals surface area contributed by atoms with Gasteiger partial charge < -0.3 is 11.1 Å². The number of nitrogens with zero attached hydrogens (tertiary/aromatic N) is 2. The molecular formula is C23H36N4S2. The first-order valence-corrected chi connectivity index (χ1v) is 12.4. The summed E-state index contributed by atoms with van der Waals surface area (Å²) in [6.45, 7) is 14.0. The number of nitrogens with two attached hydrogens (primary N) is 1. The summed E-state index contributed by atoms with van der Waals surface area (Å²) in [5.74, 6) is 1.53. The Labute approximate surface area is 184 Å². The summed E-state index contributed by atoms with van der Waals surface area (Å²) in [5.41, 5.74) is 10.7. The van der Waals surface area contributed by atoms with Crippen molar-refractivity contribution in [3.63, 3.8) is 0 Å². The molecular weight excluding hydrogens is 396 g/mol. The fourth-order valence-corrected chi connectivity index (χ4v) is 4.90. The first-order chi connectivity index (χ1) is 14.0. The molecule has 6 heteroatoms. The van der Waals surface area contributed by atoms with Crippen molar-refractivity contribution in [2.24, 2.45) is 11.7 Å². The molecule has 3 N–H and O–H groups in total. The van der Waals surface area contributed by atoms with Crippen LogP contribution in [0.1, 0.15) is 74.5 Å². The Morgan fingerprint density at radius 3 is 2.48 bits per heavy atom. The number of pyridine rings is 1. The minimum Gasteiger partial charge on any atom is -0.377 e. The molecule has 1 aliphatic rings. The van der Waals surface area contributed by atoms with E-state index in [1.54, 1.807) is 11.3 Å². The molecule has 0 spiro atoms. The van der Waals surface area contributed by atoms with Gasteiger partial charge in [0, 0.05) is 22.1 Å². The molecule has 0 bridgehead atoms. The van der Waals surface area contributed by atoms with Crippen LogP contribution in [0.15, 0.2) is 17.6 Å². The van der Waals surface area contributed by atoms with Crippen LogP contribution in [0.25, 0.3) is 10.2 Å². The van der Waals surface area contributed by atoms with Gasteiger partial charge in [0.1, 0.15) is 5.01 Å². The second kappa shape index (κ2) is 11.6. The molecule has 160 valence electrons. The van der Waals surface area contributed by atoms with Crippen molar-refractivity contribution in [3.05, 3.63) is 38.8 Å². The van der Waals surface area contributed by atoms with Crippen LogP contribution in [0.4, 0.5) is 5.69 Å². The summed E-state index contributed by atoms with van der Waals surface area (Å²) < 4.78 is 1.28. The molecule has 0 amide bonds. The lowest BCUT2D eigenvalue weighted by atomic mass is 10.1. The van der Waals surface area contributed by atoms with E-state index >= 15 is 0 Å². The van der Waals surface area contributed by atoms with Gasteiger partial charge in [-0.3, -0.25) is 4.98 Å². The van der Waals surface area contributed by atoms with Gasteiger partial charge in [0.05, 0.1) is 22.4 Å². The SMILES string of the molecule is CC.CC(C)C.Cc1cc(NCc2nccs2)c2sc(CCN)c(C3CC3)c2n1. The zero-order valence-electron chi connectivity index (χ0n) is 18.7. The van der Waals surface area contributed by atoms with E-state index in [1.807, 2.05) is 36.8 Å². The van der Waals surface area contributed by atoms with Crippen molar-refractivity contribution in [3.8, 4) is 0 Å². The van der Waals surface area contributed by atoms with Crippen LogP contribution in [0, 0.1) is 12.8 Å². The van der Waals surface area contributed by atoms with Crippen LogP contribution in [0.2, 0.25) is 0 Å². The van der Waals surface area contributed by atoms with Gasteiger partial charge in [-0.15, -0.1) is 22.7 Å². The molecule has 0 radical (unpaired) electrons. The molecule has 1 aliphatic carbocycles. The molecule has 0 aliphatic heterocycles. The van der Waals surface area contributed by atoms with Gasteiger partial charge in [-0.05, 0) is 56.2 Å². The highest BCUT2D eigenvalue weighted by molar-refractivity contribution is 7.19. The van der Waals surface area contributed by atoms with Crippen LogP contribution in [-0.2, 0) is 13.0 Å². The molecule has 0 aromatic carbocycles. The second-order valence-corrected chi connectivity index (χ2v) is 9.84. The van der Waals surface area contributed by atoms with Crippen molar-refractivity contribution in [1.82, 2.24) is 9.97 Å². The van der Waals surface area contributed by atoms with Crippen LogP contribution in [-0.4, -0.2) is 16.5 Å². The fraction of sp³-hybridized carbons (Fsp3) is 0.565. The van der Waals surface area contributed by atoms with Crippen molar-refractivity contribution < 1.29 is 0 Å². The predicted molar refractivity (Wildman–Crippen MR) is 130 cm³/mol. The fourth-order valence-electron chi connectivity index (χ4n) is 3.01. The van der Waals surface area contributed by atoms with Crippen molar-refractivity contribution >= 4 is 38.6 Å². The summed E-state index contributed by atoms with van der Waals surface area (Å²) >= 11 is 3.55. The number of thiazole rings is 1. The lowest BCUT2D eigenvalue weighted by Gasteiger charge is -2.07. The molecule has 29 heavy (non-hydrogen) atoms. The van der Waals surface area contributed by atoms with Crippen molar-refractivity contribution in [2.75, 3.05) is 11.9 Å². The molecule has 0 atom stereocenters. The Kier molecular flexibility index (Phi) is 9.53. The molecule has 1 fully saturated rings.